The first kappa shape index (κ1) is 15.5. The number of amides is 1. The van der Waals surface area contributed by atoms with Gasteiger partial charge in [0.2, 0.25) is 0 Å². The van der Waals surface area contributed by atoms with Crippen molar-refractivity contribution in [2.75, 3.05) is 6.54 Å². The normalized spacial score (nSPS) is 13.8. The van der Waals surface area contributed by atoms with E-state index in [0.29, 0.717) is 17.0 Å². The van der Waals surface area contributed by atoms with Crippen LogP contribution in [-0.2, 0) is 5.60 Å². The van der Waals surface area contributed by atoms with Gasteiger partial charge in [0.05, 0.1) is 6.54 Å². The fourth-order valence-electron chi connectivity index (χ4n) is 1.71. The molecule has 0 aliphatic carbocycles. The molecule has 2 N–H and O–H groups in total. The van der Waals surface area contributed by atoms with Crippen LogP contribution in [0, 0.1) is 17.5 Å². The molecule has 0 radical (unpaired) electrons. The van der Waals surface area contributed by atoms with E-state index in [4.69, 9.17) is 0 Å². The van der Waals surface area contributed by atoms with Gasteiger partial charge in [-0.2, -0.15) is 0 Å². The highest BCUT2D eigenvalue weighted by Crippen LogP contribution is 2.24. The SMILES string of the molecule is CC(O)(CNC(=O)c1cc(F)c(F)c(F)c1)c1cccs1. The third-order valence-corrected chi connectivity index (χ3v) is 4.01. The topological polar surface area (TPSA) is 49.3 Å². The molecule has 0 fully saturated rings. The maximum absolute atomic E-state index is 13.1. The number of hydrogen-bond donors (Lipinski definition) is 2. The molecule has 7 heteroatoms. The van der Waals surface area contributed by atoms with Crippen molar-refractivity contribution in [3.8, 4) is 0 Å². The lowest BCUT2D eigenvalue weighted by Crippen LogP contribution is -2.38. The van der Waals surface area contributed by atoms with E-state index in [9.17, 15) is 23.1 Å². The predicted molar refractivity (Wildman–Crippen MR) is 72.5 cm³/mol. The molecule has 0 aliphatic rings. The molecule has 3 nitrogen and oxygen atoms in total. The molecule has 2 rings (SSSR count). The maximum atomic E-state index is 13.1. The molecule has 1 amide bonds. The van der Waals surface area contributed by atoms with Crippen LogP contribution in [0.4, 0.5) is 13.2 Å². The molecule has 112 valence electrons. The van der Waals surface area contributed by atoms with Crippen molar-refractivity contribution in [3.63, 3.8) is 0 Å². The number of nitrogens with one attached hydrogen (secondary N) is 1. The summed E-state index contributed by atoms with van der Waals surface area (Å²) in [5.74, 6) is -5.31. The molecule has 1 unspecified atom stereocenters. The van der Waals surface area contributed by atoms with Gasteiger partial charge in [-0.1, -0.05) is 6.07 Å². The van der Waals surface area contributed by atoms with Crippen molar-refractivity contribution in [1.82, 2.24) is 5.32 Å². The number of hydrogen-bond acceptors (Lipinski definition) is 3. The lowest BCUT2D eigenvalue weighted by molar-refractivity contribution is 0.0556. The van der Waals surface area contributed by atoms with Crippen LogP contribution in [0.25, 0.3) is 0 Å². The first-order chi connectivity index (χ1) is 9.81. The van der Waals surface area contributed by atoms with Gasteiger partial charge < -0.3 is 10.4 Å². The summed E-state index contributed by atoms with van der Waals surface area (Å²) in [6, 6.07) is 4.66. The van der Waals surface area contributed by atoms with Crippen LogP contribution in [0.3, 0.4) is 0 Å². The van der Waals surface area contributed by atoms with Crippen LogP contribution < -0.4 is 5.32 Å². The quantitative estimate of drug-likeness (QED) is 0.853. The molecule has 1 atom stereocenters. The molecule has 21 heavy (non-hydrogen) atoms. The molecule has 2 aromatic rings. The Balaban J connectivity index is 2.09. The summed E-state index contributed by atoms with van der Waals surface area (Å²) in [6.45, 7) is 1.36. The fraction of sp³-hybridized carbons (Fsp3) is 0.214. The molecular formula is C14H12F3NO2S. The van der Waals surface area contributed by atoms with Crippen molar-refractivity contribution >= 4 is 17.2 Å². The predicted octanol–water partition coefficient (Wildman–Crippen LogP) is 2.80. The standard InChI is InChI=1S/C14H12F3NO2S/c1-14(20,11-3-2-4-21-11)7-18-13(19)8-5-9(15)12(17)10(16)6-8/h2-6,20H,7H2,1H3,(H,18,19). The number of carbonyl (C=O) groups is 1. The molecule has 1 aromatic heterocycles. The van der Waals surface area contributed by atoms with Gasteiger partial charge in [0, 0.05) is 10.4 Å². The zero-order valence-corrected chi connectivity index (χ0v) is 11.8. The highest BCUT2D eigenvalue weighted by molar-refractivity contribution is 7.10. The Morgan fingerprint density at radius 1 is 1.33 bits per heavy atom. The van der Waals surface area contributed by atoms with E-state index in [2.05, 4.69) is 5.32 Å². The number of carbonyl (C=O) groups excluding carboxylic acids is 1. The van der Waals surface area contributed by atoms with Gasteiger partial charge in [0.1, 0.15) is 5.60 Å². The Bertz CT molecular complexity index is 633. The van der Waals surface area contributed by atoms with E-state index in [-0.39, 0.29) is 12.1 Å². The Labute approximate surface area is 123 Å². The fourth-order valence-corrected chi connectivity index (χ4v) is 2.50. The Morgan fingerprint density at radius 3 is 2.48 bits per heavy atom. The van der Waals surface area contributed by atoms with Crippen LogP contribution in [0.2, 0.25) is 0 Å². The minimum atomic E-state index is -1.63. The molecule has 0 spiro atoms. The summed E-state index contributed by atoms with van der Waals surface area (Å²) in [5, 5.41) is 14.3. The number of halogens is 3. The summed E-state index contributed by atoms with van der Waals surface area (Å²) in [5.41, 5.74) is -1.66. The van der Waals surface area contributed by atoms with Gasteiger partial charge >= 0.3 is 0 Å². The minimum absolute atomic E-state index is 0.146. The van der Waals surface area contributed by atoms with Gasteiger partial charge in [0.25, 0.3) is 5.91 Å². The van der Waals surface area contributed by atoms with E-state index < -0.39 is 29.0 Å². The van der Waals surface area contributed by atoms with Gasteiger partial charge in [-0.05, 0) is 30.5 Å². The number of benzene rings is 1. The lowest BCUT2D eigenvalue weighted by atomic mass is 10.0. The average Bonchev–Trinajstić information content (AvgIpc) is 2.96. The summed E-state index contributed by atoms with van der Waals surface area (Å²) in [6.07, 6.45) is 0. The minimum Gasteiger partial charge on any atom is -0.383 e. The third kappa shape index (κ3) is 3.43. The van der Waals surface area contributed by atoms with Gasteiger partial charge in [0.15, 0.2) is 17.5 Å². The molecule has 0 bridgehead atoms. The number of aliphatic hydroxyl groups is 1. The van der Waals surface area contributed by atoms with E-state index in [1.165, 1.54) is 18.3 Å². The first-order valence-corrected chi connectivity index (χ1v) is 6.88. The zero-order chi connectivity index (χ0) is 15.6. The van der Waals surface area contributed by atoms with Crippen molar-refractivity contribution in [3.05, 3.63) is 57.5 Å². The Morgan fingerprint density at radius 2 is 1.95 bits per heavy atom. The second-order valence-electron chi connectivity index (χ2n) is 4.69. The zero-order valence-electron chi connectivity index (χ0n) is 11.0. The van der Waals surface area contributed by atoms with Crippen molar-refractivity contribution in [2.45, 2.75) is 12.5 Å². The summed E-state index contributed by atoms with van der Waals surface area (Å²) in [7, 11) is 0. The van der Waals surface area contributed by atoms with E-state index in [1.807, 2.05) is 0 Å². The monoisotopic (exact) mass is 315 g/mol. The van der Waals surface area contributed by atoms with Crippen molar-refractivity contribution in [2.24, 2.45) is 0 Å². The largest absolute Gasteiger partial charge is 0.383 e. The van der Waals surface area contributed by atoms with E-state index >= 15 is 0 Å². The van der Waals surface area contributed by atoms with Crippen LogP contribution >= 0.6 is 11.3 Å². The van der Waals surface area contributed by atoms with Crippen molar-refractivity contribution < 1.29 is 23.1 Å². The molecule has 1 aromatic carbocycles. The smallest absolute Gasteiger partial charge is 0.251 e. The van der Waals surface area contributed by atoms with Gasteiger partial charge in [-0.25, -0.2) is 13.2 Å². The number of rotatable bonds is 4. The third-order valence-electron chi connectivity index (χ3n) is 2.89. The second kappa shape index (κ2) is 5.87. The van der Waals surface area contributed by atoms with Gasteiger partial charge in [-0.15, -0.1) is 11.3 Å². The van der Waals surface area contributed by atoms with Crippen molar-refractivity contribution in [1.29, 1.82) is 0 Å². The van der Waals surface area contributed by atoms with Crippen LogP contribution in [0.1, 0.15) is 22.2 Å². The highest BCUT2D eigenvalue weighted by atomic mass is 32.1. The first-order valence-electron chi connectivity index (χ1n) is 6.00. The molecule has 1 heterocycles. The highest BCUT2D eigenvalue weighted by Gasteiger charge is 2.25. The Kier molecular flexibility index (Phi) is 4.34. The van der Waals surface area contributed by atoms with Crippen LogP contribution in [0.15, 0.2) is 29.6 Å². The summed E-state index contributed by atoms with van der Waals surface area (Å²) >= 11 is 1.31. The molecule has 0 saturated heterocycles. The molecule has 0 saturated carbocycles. The summed E-state index contributed by atoms with van der Waals surface area (Å²) < 4.78 is 38.9. The lowest BCUT2D eigenvalue weighted by Gasteiger charge is -2.22. The van der Waals surface area contributed by atoms with Gasteiger partial charge in [-0.3, -0.25) is 4.79 Å². The summed E-state index contributed by atoms with van der Waals surface area (Å²) in [4.78, 5) is 12.4. The van der Waals surface area contributed by atoms with E-state index in [0.717, 1.165) is 0 Å². The Hall–Kier alpha value is -1.86. The van der Waals surface area contributed by atoms with Crippen LogP contribution in [-0.4, -0.2) is 17.6 Å². The average molecular weight is 315 g/mol. The van der Waals surface area contributed by atoms with E-state index in [1.54, 1.807) is 17.5 Å². The maximum Gasteiger partial charge on any atom is 0.251 e. The van der Waals surface area contributed by atoms with Crippen LogP contribution in [0.5, 0.6) is 0 Å². The molecular weight excluding hydrogens is 303 g/mol. The second-order valence-corrected chi connectivity index (χ2v) is 5.64. The molecule has 0 aliphatic heterocycles. The number of thiophene rings is 1.